The standard InChI is InChI=1S/C26H23ClN2O6/c1-32-19-13-15(14-20(33-2)23(19)34-3)22-21-24(35-29(22)16-9-5-4-6-10-16)26(31)28(25(21)30)18-12-8-7-11-17(18)27/h4-14,21-22,24H,1-3H3/t21-,22+,24-/m0/s1. The van der Waals surface area contributed by atoms with Crippen molar-refractivity contribution in [2.45, 2.75) is 12.1 Å². The number of nitrogens with zero attached hydrogens (tertiary/aromatic N) is 2. The van der Waals surface area contributed by atoms with Crippen LogP contribution >= 0.6 is 11.6 Å². The Labute approximate surface area is 207 Å². The lowest BCUT2D eigenvalue weighted by molar-refractivity contribution is -0.126. The van der Waals surface area contributed by atoms with Crippen molar-refractivity contribution in [2.24, 2.45) is 5.92 Å². The minimum absolute atomic E-state index is 0.304. The Balaban J connectivity index is 1.65. The second-order valence-electron chi connectivity index (χ2n) is 8.08. The molecule has 0 radical (unpaired) electrons. The maximum atomic E-state index is 13.8. The van der Waals surface area contributed by atoms with Gasteiger partial charge in [0.15, 0.2) is 17.6 Å². The smallest absolute Gasteiger partial charge is 0.266 e. The van der Waals surface area contributed by atoms with Gasteiger partial charge < -0.3 is 14.2 Å². The molecule has 5 rings (SSSR count). The average molecular weight is 495 g/mol. The highest BCUT2D eigenvalue weighted by molar-refractivity contribution is 6.36. The summed E-state index contributed by atoms with van der Waals surface area (Å²) in [4.78, 5) is 34.6. The van der Waals surface area contributed by atoms with Gasteiger partial charge in [-0.05, 0) is 42.0 Å². The zero-order chi connectivity index (χ0) is 24.7. The molecule has 2 aliphatic rings. The summed E-state index contributed by atoms with van der Waals surface area (Å²) < 4.78 is 16.5. The molecule has 2 amide bonds. The van der Waals surface area contributed by atoms with E-state index in [1.165, 1.54) is 21.3 Å². The van der Waals surface area contributed by atoms with Crippen molar-refractivity contribution in [3.05, 3.63) is 77.3 Å². The quantitative estimate of drug-likeness (QED) is 0.469. The van der Waals surface area contributed by atoms with E-state index in [1.807, 2.05) is 30.3 Å². The van der Waals surface area contributed by atoms with E-state index in [4.69, 9.17) is 30.6 Å². The topological polar surface area (TPSA) is 77.5 Å². The summed E-state index contributed by atoms with van der Waals surface area (Å²) in [5.74, 6) is -0.417. The summed E-state index contributed by atoms with van der Waals surface area (Å²) >= 11 is 6.34. The molecular weight excluding hydrogens is 472 g/mol. The molecule has 2 heterocycles. The number of fused-ring (bicyclic) bond motifs is 1. The monoisotopic (exact) mass is 494 g/mol. The van der Waals surface area contributed by atoms with E-state index in [0.717, 1.165) is 4.90 Å². The van der Waals surface area contributed by atoms with Crippen LogP contribution in [0.5, 0.6) is 17.2 Å². The van der Waals surface area contributed by atoms with Crippen molar-refractivity contribution >= 4 is 34.8 Å². The number of rotatable bonds is 6. The first-order valence-electron chi connectivity index (χ1n) is 10.9. The molecule has 35 heavy (non-hydrogen) atoms. The molecule has 180 valence electrons. The summed E-state index contributed by atoms with van der Waals surface area (Å²) in [7, 11) is 4.56. The molecule has 0 aliphatic carbocycles. The number of hydrogen-bond acceptors (Lipinski definition) is 7. The Hall–Kier alpha value is -3.75. The number of hydroxylamine groups is 1. The largest absolute Gasteiger partial charge is 0.493 e. The summed E-state index contributed by atoms with van der Waals surface area (Å²) in [6, 6.07) is 18.9. The minimum atomic E-state index is -1.02. The predicted molar refractivity (Wildman–Crippen MR) is 130 cm³/mol. The fourth-order valence-electron chi connectivity index (χ4n) is 4.69. The highest BCUT2D eigenvalue weighted by atomic mass is 35.5. The molecular formula is C26H23ClN2O6. The first-order valence-corrected chi connectivity index (χ1v) is 11.3. The van der Waals surface area contributed by atoms with Gasteiger partial charge in [0.2, 0.25) is 11.7 Å². The van der Waals surface area contributed by atoms with Crippen LogP contribution in [0.2, 0.25) is 5.02 Å². The first kappa shape index (κ1) is 23.0. The van der Waals surface area contributed by atoms with Crippen molar-refractivity contribution in [3.63, 3.8) is 0 Å². The third kappa shape index (κ3) is 3.66. The Morgan fingerprint density at radius 3 is 2.06 bits per heavy atom. The van der Waals surface area contributed by atoms with Crippen LogP contribution in [0.25, 0.3) is 0 Å². The maximum Gasteiger partial charge on any atom is 0.266 e. The van der Waals surface area contributed by atoms with Crippen LogP contribution < -0.4 is 24.2 Å². The van der Waals surface area contributed by atoms with Crippen molar-refractivity contribution in [3.8, 4) is 17.2 Å². The Bertz CT molecular complexity index is 1260. The van der Waals surface area contributed by atoms with Gasteiger partial charge in [-0.25, -0.2) is 9.96 Å². The lowest BCUT2D eigenvalue weighted by Crippen LogP contribution is -2.37. The molecule has 0 N–H and O–H groups in total. The molecule has 0 unspecified atom stereocenters. The van der Waals surface area contributed by atoms with Crippen LogP contribution in [-0.4, -0.2) is 39.2 Å². The lowest BCUT2D eigenvalue weighted by Gasteiger charge is -2.29. The maximum absolute atomic E-state index is 13.8. The molecule has 0 saturated carbocycles. The summed E-state index contributed by atoms with van der Waals surface area (Å²) in [5, 5.41) is 1.91. The number of ether oxygens (including phenoxy) is 3. The van der Waals surface area contributed by atoms with Crippen LogP contribution in [0.15, 0.2) is 66.7 Å². The molecule has 0 bridgehead atoms. The van der Waals surface area contributed by atoms with Gasteiger partial charge >= 0.3 is 0 Å². The van der Waals surface area contributed by atoms with Crippen LogP contribution in [-0.2, 0) is 14.4 Å². The van der Waals surface area contributed by atoms with E-state index in [-0.39, 0.29) is 0 Å². The van der Waals surface area contributed by atoms with Gasteiger partial charge in [0.05, 0.1) is 43.8 Å². The van der Waals surface area contributed by atoms with Gasteiger partial charge in [-0.15, -0.1) is 0 Å². The van der Waals surface area contributed by atoms with Crippen LogP contribution in [0.4, 0.5) is 11.4 Å². The normalized spacial score (nSPS) is 21.3. The molecule has 2 fully saturated rings. The molecule has 2 saturated heterocycles. The average Bonchev–Trinajstić information content (AvgIpc) is 3.40. The fourth-order valence-corrected chi connectivity index (χ4v) is 4.92. The molecule has 3 aromatic carbocycles. The molecule has 3 aromatic rings. The van der Waals surface area contributed by atoms with Crippen LogP contribution in [0.3, 0.4) is 0 Å². The first-order chi connectivity index (χ1) is 17.0. The number of carbonyl (C=O) groups excluding carboxylic acids is 2. The zero-order valence-corrected chi connectivity index (χ0v) is 20.1. The highest BCUT2D eigenvalue weighted by Crippen LogP contribution is 2.50. The van der Waals surface area contributed by atoms with Gasteiger partial charge in [-0.3, -0.25) is 14.4 Å². The number of amides is 2. The number of anilines is 2. The molecule has 8 nitrogen and oxygen atoms in total. The molecule has 0 spiro atoms. The molecule has 3 atom stereocenters. The van der Waals surface area contributed by atoms with Gasteiger partial charge in [-0.1, -0.05) is 41.9 Å². The predicted octanol–water partition coefficient (Wildman–Crippen LogP) is 4.42. The van der Waals surface area contributed by atoms with E-state index in [1.54, 1.807) is 41.5 Å². The Morgan fingerprint density at radius 2 is 1.46 bits per heavy atom. The number of methoxy groups -OCH3 is 3. The van der Waals surface area contributed by atoms with E-state index < -0.39 is 29.9 Å². The second-order valence-corrected chi connectivity index (χ2v) is 8.49. The number of halogens is 1. The van der Waals surface area contributed by atoms with E-state index in [0.29, 0.717) is 39.2 Å². The van der Waals surface area contributed by atoms with E-state index in [9.17, 15) is 9.59 Å². The molecule has 2 aliphatic heterocycles. The van der Waals surface area contributed by atoms with Crippen molar-refractivity contribution in [1.82, 2.24) is 0 Å². The van der Waals surface area contributed by atoms with Crippen LogP contribution in [0, 0.1) is 5.92 Å². The second kappa shape index (κ2) is 9.13. The zero-order valence-electron chi connectivity index (χ0n) is 19.3. The lowest BCUT2D eigenvalue weighted by atomic mass is 9.90. The summed E-state index contributed by atoms with van der Waals surface area (Å²) in [6.07, 6.45) is -1.02. The van der Waals surface area contributed by atoms with Gasteiger partial charge in [-0.2, -0.15) is 0 Å². The highest BCUT2D eigenvalue weighted by Gasteiger charge is 2.60. The van der Waals surface area contributed by atoms with E-state index >= 15 is 0 Å². The van der Waals surface area contributed by atoms with Gasteiger partial charge in [0.1, 0.15) is 5.92 Å². The Kier molecular flexibility index (Phi) is 6.00. The van der Waals surface area contributed by atoms with Gasteiger partial charge in [0.25, 0.3) is 5.91 Å². The SMILES string of the molecule is COc1cc([C@@H]2[C@@H]3C(=O)N(c4ccccc4Cl)C(=O)[C@H]3ON2c2ccccc2)cc(OC)c1OC. The van der Waals surface area contributed by atoms with Crippen molar-refractivity contribution in [2.75, 3.05) is 31.3 Å². The van der Waals surface area contributed by atoms with Crippen molar-refractivity contribution < 1.29 is 28.6 Å². The number of carbonyl (C=O) groups is 2. The molecule has 0 aromatic heterocycles. The fraction of sp³-hybridized carbons (Fsp3) is 0.231. The summed E-state index contributed by atoms with van der Waals surface area (Å²) in [5.41, 5.74) is 1.70. The van der Waals surface area contributed by atoms with Crippen LogP contribution in [0.1, 0.15) is 11.6 Å². The number of imide groups is 1. The number of hydrogen-bond donors (Lipinski definition) is 0. The molecule has 9 heteroatoms. The Morgan fingerprint density at radius 1 is 0.829 bits per heavy atom. The third-order valence-corrected chi connectivity index (χ3v) is 6.57. The van der Waals surface area contributed by atoms with E-state index in [2.05, 4.69) is 0 Å². The third-order valence-electron chi connectivity index (χ3n) is 6.25. The number of para-hydroxylation sites is 2. The van der Waals surface area contributed by atoms with Crippen molar-refractivity contribution in [1.29, 1.82) is 0 Å². The summed E-state index contributed by atoms with van der Waals surface area (Å²) in [6.45, 7) is 0. The van der Waals surface area contributed by atoms with Gasteiger partial charge in [0, 0.05) is 0 Å². The number of benzene rings is 3. The minimum Gasteiger partial charge on any atom is -0.493 e.